The smallest absolute Gasteiger partial charge is 0.269 e. The van der Waals surface area contributed by atoms with Gasteiger partial charge in [0.2, 0.25) is 0 Å². The van der Waals surface area contributed by atoms with E-state index in [4.69, 9.17) is 10.5 Å². The summed E-state index contributed by atoms with van der Waals surface area (Å²) in [6, 6.07) is 3.66. The van der Waals surface area contributed by atoms with Crippen molar-refractivity contribution in [3.8, 4) is 0 Å². The molecule has 2 rings (SSSR count). The van der Waals surface area contributed by atoms with Gasteiger partial charge in [-0.05, 0) is 12.1 Å². The summed E-state index contributed by atoms with van der Waals surface area (Å²) < 4.78 is 5.24. The Hall–Kier alpha value is -1.62. The molecule has 1 amide bonds. The molecule has 1 aromatic heterocycles. The lowest BCUT2D eigenvalue weighted by Gasteiger charge is -2.29. The van der Waals surface area contributed by atoms with Crippen molar-refractivity contribution in [3.63, 3.8) is 0 Å². The van der Waals surface area contributed by atoms with Crippen LogP contribution in [0.3, 0.4) is 0 Å². The molecule has 1 saturated heterocycles. The summed E-state index contributed by atoms with van der Waals surface area (Å²) in [5.74, 6) is -0.489. The molecule has 0 aliphatic carbocycles. The molecule has 1 aromatic rings. The largest absolute Gasteiger partial charge is 0.378 e. The highest BCUT2D eigenvalue weighted by atomic mass is 16.5. The van der Waals surface area contributed by atoms with Gasteiger partial charge in [0, 0.05) is 19.3 Å². The van der Waals surface area contributed by atoms with E-state index in [1.165, 1.54) is 0 Å². The minimum atomic E-state index is -0.489. The Morgan fingerprint density at radius 2 is 2.20 bits per heavy atom. The van der Waals surface area contributed by atoms with Gasteiger partial charge in [-0.1, -0.05) is 0 Å². The van der Waals surface area contributed by atoms with E-state index in [0.717, 1.165) is 18.8 Å². The Labute approximate surface area is 87.8 Å². The van der Waals surface area contributed by atoms with Gasteiger partial charge in [-0.25, -0.2) is 4.98 Å². The standard InChI is InChI=1S/C10H13N3O2/c11-10(14)9-8(2-1-3-12-9)13-4-6-15-7-5-13/h1-3H,4-7H2,(H2,11,14). The van der Waals surface area contributed by atoms with E-state index in [1.54, 1.807) is 12.3 Å². The molecule has 5 heteroatoms. The second kappa shape index (κ2) is 4.27. The zero-order valence-corrected chi connectivity index (χ0v) is 8.35. The molecule has 0 spiro atoms. The topological polar surface area (TPSA) is 68.5 Å². The Morgan fingerprint density at radius 3 is 2.87 bits per heavy atom. The van der Waals surface area contributed by atoms with Gasteiger partial charge >= 0.3 is 0 Å². The van der Waals surface area contributed by atoms with Crippen molar-refractivity contribution in [3.05, 3.63) is 24.0 Å². The first-order chi connectivity index (χ1) is 7.29. The number of nitrogens with zero attached hydrogens (tertiary/aromatic N) is 2. The van der Waals surface area contributed by atoms with Gasteiger partial charge in [0.1, 0.15) is 0 Å². The van der Waals surface area contributed by atoms with Crippen LogP contribution in [0.25, 0.3) is 0 Å². The molecule has 0 atom stereocenters. The van der Waals surface area contributed by atoms with Gasteiger partial charge in [0.25, 0.3) is 5.91 Å². The van der Waals surface area contributed by atoms with Crippen LogP contribution in [0.2, 0.25) is 0 Å². The Balaban J connectivity index is 2.29. The first-order valence-corrected chi connectivity index (χ1v) is 4.86. The predicted octanol–water partition coefficient (Wildman–Crippen LogP) is 0.0171. The Morgan fingerprint density at radius 1 is 1.47 bits per heavy atom. The van der Waals surface area contributed by atoms with Gasteiger partial charge < -0.3 is 15.4 Å². The molecule has 0 saturated carbocycles. The molecule has 0 radical (unpaired) electrons. The van der Waals surface area contributed by atoms with Crippen molar-refractivity contribution in [2.24, 2.45) is 5.73 Å². The van der Waals surface area contributed by atoms with Crippen LogP contribution in [0, 0.1) is 0 Å². The number of morpholine rings is 1. The second-order valence-electron chi connectivity index (χ2n) is 3.33. The van der Waals surface area contributed by atoms with Crippen LogP contribution >= 0.6 is 0 Å². The third-order valence-electron chi connectivity index (χ3n) is 2.37. The molecule has 1 aliphatic rings. The molecule has 5 nitrogen and oxygen atoms in total. The number of pyridine rings is 1. The van der Waals surface area contributed by atoms with Gasteiger partial charge in [0.15, 0.2) is 5.69 Å². The SMILES string of the molecule is NC(=O)c1ncccc1N1CCOCC1. The van der Waals surface area contributed by atoms with Gasteiger partial charge in [-0.15, -0.1) is 0 Å². The normalized spacial score (nSPS) is 16.4. The van der Waals surface area contributed by atoms with E-state index in [-0.39, 0.29) is 0 Å². The van der Waals surface area contributed by atoms with Gasteiger partial charge in [-0.2, -0.15) is 0 Å². The van der Waals surface area contributed by atoms with Crippen molar-refractivity contribution >= 4 is 11.6 Å². The van der Waals surface area contributed by atoms with Crippen LogP contribution in [-0.4, -0.2) is 37.2 Å². The highest BCUT2D eigenvalue weighted by Gasteiger charge is 2.17. The monoisotopic (exact) mass is 207 g/mol. The van der Waals surface area contributed by atoms with Crippen molar-refractivity contribution in [2.45, 2.75) is 0 Å². The average Bonchev–Trinajstić information content (AvgIpc) is 2.30. The van der Waals surface area contributed by atoms with Crippen molar-refractivity contribution in [2.75, 3.05) is 31.2 Å². The maximum Gasteiger partial charge on any atom is 0.269 e. The van der Waals surface area contributed by atoms with Gasteiger partial charge in [0.05, 0.1) is 18.9 Å². The summed E-state index contributed by atoms with van der Waals surface area (Å²) in [6.07, 6.45) is 1.57. The molecule has 0 aromatic carbocycles. The number of carbonyl (C=O) groups excluding carboxylic acids is 1. The third-order valence-corrected chi connectivity index (χ3v) is 2.37. The van der Waals surface area contributed by atoms with Crippen LogP contribution in [-0.2, 0) is 4.74 Å². The van der Waals surface area contributed by atoms with Crippen LogP contribution in [0.5, 0.6) is 0 Å². The first kappa shape index (κ1) is 9.92. The van der Waals surface area contributed by atoms with E-state index >= 15 is 0 Å². The lowest BCUT2D eigenvalue weighted by atomic mass is 10.2. The highest BCUT2D eigenvalue weighted by Crippen LogP contribution is 2.18. The summed E-state index contributed by atoms with van der Waals surface area (Å²) >= 11 is 0. The molecule has 15 heavy (non-hydrogen) atoms. The minimum absolute atomic E-state index is 0.333. The van der Waals surface area contributed by atoms with E-state index in [1.807, 2.05) is 6.07 Å². The average molecular weight is 207 g/mol. The fraction of sp³-hybridized carbons (Fsp3) is 0.400. The number of hydrogen-bond donors (Lipinski definition) is 1. The van der Waals surface area contributed by atoms with Crippen molar-refractivity contribution in [1.29, 1.82) is 0 Å². The number of hydrogen-bond acceptors (Lipinski definition) is 4. The first-order valence-electron chi connectivity index (χ1n) is 4.86. The molecule has 80 valence electrons. The summed E-state index contributed by atoms with van der Waals surface area (Å²) in [6.45, 7) is 2.89. The number of rotatable bonds is 2. The summed E-state index contributed by atoms with van der Waals surface area (Å²) in [7, 11) is 0. The lowest BCUT2D eigenvalue weighted by Crippen LogP contribution is -2.37. The molecule has 0 bridgehead atoms. The zero-order chi connectivity index (χ0) is 10.7. The fourth-order valence-electron chi connectivity index (χ4n) is 1.65. The number of primary amides is 1. The predicted molar refractivity (Wildman–Crippen MR) is 55.8 cm³/mol. The molecule has 0 unspecified atom stereocenters. The van der Waals surface area contributed by atoms with E-state index in [0.29, 0.717) is 18.9 Å². The summed E-state index contributed by atoms with van der Waals surface area (Å²) in [5, 5.41) is 0. The minimum Gasteiger partial charge on any atom is -0.378 e. The van der Waals surface area contributed by atoms with E-state index in [2.05, 4.69) is 9.88 Å². The maximum atomic E-state index is 11.2. The van der Waals surface area contributed by atoms with E-state index in [9.17, 15) is 4.79 Å². The zero-order valence-electron chi connectivity index (χ0n) is 8.35. The number of aromatic nitrogens is 1. The molecule has 1 fully saturated rings. The summed E-state index contributed by atoms with van der Waals surface area (Å²) in [4.78, 5) is 17.2. The number of ether oxygens (including phenoxy) is 1. The maximum absolute atomic E-state index is 11.2. The number of amides is 1. The van der Waals surface area contributed by atoms with Crippen LogP contribution < -0.4 is 10.6 Å². The summed E-state index contributed by atoms with van der Waals surface area (Å²) in [5.41, 5.74) is 6.39. The number of carbonyl (C=O) groups is 1. The van der Waals surface area contributed by atoms with Crippen LogP contribution in [0.1, 0.15) is 10.5 Å². The Bertz CT molecular complexity index is 361. The van der Waals surface area contributed by atoms with E-state index < -0.39 is 5.91 Å². The fourth-order valence-corrected chi connectivity index (χ4v) is 1.65. The quantitative estimate of drug-likeness (QED) is 0.742. The molecular formula is C10H13N3O2. The Kier molecular flexibility index (Phi) is 2.82. The number of nitrogens with two attached hydrogens (primary N) is 1. The second-order valence-corrected chi connectivity index (χ2v) is 3.33. The van der Waals surface area contributed by atoms with Crippen LogP contribution in [0.4, 0.5) is 5.69 Å². The molecule has 2 heterocycles. The molecular weight excluding hydrogens is 194 g/mol. The molecule has 2 N–H and O–H groups in total. The number of anilines is 1. The lowest BCUT2D eigenvalue weighted by molar-refractivity contribution is 0.0993. The van der Waals surface area contributed by atoms with Crippen LogP contribution in [0.15, 0.2) is 18.3 Å². The molecule has 1 aliphatic heterocycles. The van der Waals surface area contributed by atoms with Gasteiger partial charge in [-0.3, -0.25) is 4.79 Å². The highest BCUT2D eigenvalue weighted by molar-refractivity contribution is 5.96. The van der Waals surface area contributed by atoms with Crippen molar-refractivity contribution < 1.29 is 9.53 Å². The third kappa shape index (κ3) is 2.07. The van der Waals surface area contributed by atoms with Crippen molar-refractivity contribution in [1.82, 2.24) is 4.98 Å².